The fourth-order valence-corrected chi connectivity index (χ4v) is 1.65. The van der Waals surface area contributed by atoms with Gasteiger partial charge in [-0.25, -0.2) is 0 Å². The first-order chi connectivity index (χ1) is 7.70. The van der Waals surface area contributed by atoms with Gasteiger partial charge in [0.15, 0.2) is 0 Å². The molecule has 2 aromatic rings. The number of benzene rings is 1. The summed E-state index contributed by atoms with van der Waals surface area (Å²) in [6, 6.07) is 9.45. The van der Waals surface area contributed by atoms with Crippen LogP contribution in [0.5, 0.6) is 5.88 Å². The highest BCUT2D eigenvalue weighted by Crippen LogP contribution is 2.23. The van der Waals surface area contributed by atoms with E-state index >= 15 is 0 Å². The Morgan fingerprint density at radius 2 is 2.00 bits per heavy atom. The lowest BCUT2D eigenvalue weighted by molar-refractivity contribution is 0.389. The van der Waals surface area contributed by atoms with Gasteiger partial charge in [-0.1, -0.05) is 23.7 Å². The van der Waals surface area contributed by atoms with Crippen molar-refractivity contribution in [2.45, 2.75) is 6.92 Å². The topological polar surface area (TPSA) is 35.0 Å². The number of methoxy groups -OCH3 is 1. The van der Waals surface area contributed by atoms with Gasteiger partial charge in [0.05, 0.1) is 12.8 Å². The molecule has 82 valence electrons. The van der Waals surface area contributed by atoms with Crippen LogP contribution in [0, 0.1) is 6.92 Å². The lowest BCUT2D eigenvalue weighted by Gasteiger charge is -2.05. The molecule has 0 saturated heterocycles. The quantitative estimate of drug-likeness (QED) is 0.801. The van der Waals surface area contributed by atoms with Gasteiger partial charge in [0.25, 0.3) is 0 Å². The summed E-state index contributed by atoms with van der Waals surface area (Å²) in [5.41, 5.74) is 2.69. The Balaban J connectivity index is 2.45. The predicted molar refractivity (Wildman–Crippen MR) is 63.8 cm³/mol. The molecule has 0 atom stereocenters. The number of halogens is 1. The van der Waals surface area contributed by atoms with E-state index in [0.29, 0.717) is 10.9 Å². The van der Waals surface area contributed by atoms with E-state index in [1.807, 2.05) is 37.3 Å². The first kappa shape index (κ1) is 10.9. The van der Waals surface area contributed by atoms with Crippen molar-refractivity contribution in [2.24, 2.45) is 0 Å². The average molecular weight is 235 g/mol. The summed E-state index contributed by atoms with van der Waals surface area (Å²) >= 11 is 5.92. The fourth-order valence-electron chi connectivity index (χ4n) is 1.46. The molecule has 0 aliphatic carbocycles. The monoisotopic (exact) mass is 234 g/mol. The van der Waals surface area contributed by atoms with Gasteiger partial charge in [0.1, 0.15) is 0 Å². The Morgan fingerprint density at radius 3 is 2.62 bits per heavy atom. The Kier molecular flexibility index (Phi) is 3.06. The van der Waals surface area contributed by atoms with Gasteiger partial charge in [0.2, 0.25) is 5.88 Å². The Bertz CT molecular complexity index is 514. The molecule has 0 amide bonds. The molecule has 0 unspecified atom stereocenters. The SMILES string of the molecule is COc1nnc(-c2cccc(Cl)c2)cc1C. The van der Waals surface area contributed by atoms with Crippen molar-refractivity contribution in [1.29, 1.82) is 0 Å². The van der Waals surface area contributed by atoms with Crippen LogP contribution in [0.3, 0.4) is 0 Å². The summed E-state index contributed by atoms with van der Waals surface area (Å²) in [7, 11) is 1.58. The van der Waals surface area contributed by atoms with Crippen LogP contribution in [-0.2, 0) is 0 Å². The first-order valence-corrected chi connectivity index (χ1v) is 5.23. The summed E-state index contributed by atoms with van der Waals surface area (Å²) in [4.78, 5) is 0. The molecular weight excluding hydrogens is 224 g/mol. The molecule has 2 rings (SSSR count). The number of hydrogen-bond acceptors (Lipinski definition) is 3. The predicted octanol–water partition coefficient (Wildman–Crippen LogP) is 3.11. The van der Waals surface area contributed by atoms with E-state index in [0.717, 1.165) is 16.8 Å². The van der Waals surface area contributed by atoms with Gasteiger partial charge in [-0.15, -0.1) is 10.2 Å². The highest BCUT2D eigenvalue weighted by molar-refractivity contribution is 6.30. The molecule has 3 nitrogen and oxygen atoms in total. The average Bonchev–Trinajstić information content (AvgIpc) is 2.29. The molecule has 0 aliphatic heterocycles. The molecule has 0 bridgehead atoms. The van der Waals surface area contributed by atoms with E-state index in [2.05, 4.69) is 10.2 Å². The minimum absolute atomic E-state index is 0.547. The number of aromatic nitrogens is 2. The van der Waals surface area contributed by atoms with Crippen LogP contribution in [-0.4, -0.2) is 17.3 Å². The van der Waals surface area contributed by atoms with E-state index in [9.17, 15) is 0 Å². The van der Waals surface area contributed by atoms with Crippen molar-refractivity contribution in [3.8, 4) is 17.1 Å². The van der Waals surface area contributed by atoms with Crippen LogP contribution in [0.4, 0.5) is 0 Å². The molecule has 0 fully saturated rings. The highest BCUT2D eigenvalue weighted by Gasteiger charge is 2.05. The largest absolute Gasteiger partial charge is 0.480 e. The summed E-state index contributed by atoms with van der Waals surface area (Å²) in [5.74, 6) is 0.547. The van der Waals surface area contributed by atoms with E-state index in [1.54, 1.807) is 7.11 Å². The maximum atomic E-state index is 5.92. The van der Waals surface area contributed by atoms with E-state index in [4.69, 9.17) is 16.3 Å². The molecule has 0 N–H and O–H groups in total. The molecule has 1 aromatic heterocycles. The smallest absolute Gasteiger partial charge is 0.236 e. The van der Waals surface area contributed by atoms with Gasteiger partial charge >= 0.3 is 0 Å². The summed E-state index contributed by atoms with van der Waals surface area (Å²) in [5, 5.41) is 8.76. The van der Waals surface area contributed by atoms with E-state index in [1.165, 1.54) is 0 Å². The third-order valence-electron chi connectivity index (χ3n) is 2.25. The zero-order valence-electron chi connectivity index (χ0n) is 9.07. The second-order valence-corrected chi connectivity index (χ2v) is 3.87. The molecule has 0 radical (unpaired) electrons. The molecule has 4 heteroatoms. The summed E-state index contributed by atoms with van der Waals surface area (Å²) < 4.78 is 5.06. The molecule has 0 aliphatic rings. The van der Waals surface area contributed by atoms with Crippen LogP contribution < -0.4 is 4.74 Å². The molecule has 16 heavy (non-hydrogen) atoms. The van der Waals surface area contributed by atoms with E-state index < -0.39 is 0 Å². The molecule has 1 heterocycles. The zero-order chi connectivity index (χ0) is 11.5. The van der Waals surface area contributed by atoms with Crippen LogP contribution in [0.2, 0.25) is 5.02 Å². The van der Waals surface area contributed by atoms with Crippen molar-refractivity contribution in [3.05, 3.63) is 40.9 Å². The fraction of sp³-hybridized carbons (Fsp3) is 0.167. The lowest BCUT2D eigenvalue weighted by Crippen LogP contribution is -1.95. The number of ether oxygens (including phenoxy) is 1. The van der Waals surface area contributed by atoms with Crippen molar-refractivity contribution in [3.63, 3.8) is 0 Å². The second-order valence-electron chi connectivity index (χ2n) is 3.43. The van der Waals surface area contributed by atoms with Crippen molar-refractivity contribution < 1.29 is 4.74 Å². The van der Waals surface area contributed by atoms with Gasteiger partial charge in [0, 0.05) is 16.1 Å². The van der Waals surface area contributed by atoms with Gasteiger partial charge in [-0.3, -0.25) is 0 Å². The van der Waals surface area contributed by atoms with Crippen LogP contribution in [0.1, 0.15) is 5.56 Å². The Hall–Kier alpha value is -1.61. The van der Waals surface area contributed by atoms with Gasteiger partial charge < -0.3 is 4.74 Å². The molecular formula is C12H11ClN2O. The van der Waals surface area contributed by atoms with Crippen LogP contribution in [0.15, 0.2) is 30.3 Å². The van der Waals surface area contributed by atoms with Crippen molar-refractivity contribution >= 4 is 11.6 Å². The number of hydrogen-bond donors (Lipinski definition) is 0. The minimum atomic E-state index is 0.547. The minimum Gasteiger partial charge on any atom is -0.480 e. The molecule has 0 spiro atoms. The first-order valence-electron chi connectivity index (χ1n) is 4.85. The zero-order valence-corrected chi connectivity index (χ0v) is 9.82. The standard InChI is InChI=1S/C12H11ClN2O/c1-8-6-11(14-15-12(8)16-2)9-4-3-5-10(13)7-9/h3-7H,1-2H3. The molecule has 0 saturated carbocycles. The number of nitrogens with zero attached hydrogens (tertiary/aromatic N) is 2. The molecule has 1 aromatic carbocycles. The Morgan fingerprint density at radius 1 is 1.19 bits per heavy atom. The lowest BCUT2D eigenvalue weighted by atomic mass is 10.1. The summed E-state index contributed by atoms with van der Waals surface area (Å²) in [6.45, 7) is 1.93. The maximum absolute atomic E-state index is 5.92. The van der Waals surface area contributed by atoms with Crippen LogP contribution in [0.25, 0.3) is 11.3 Å². The third-order valence-corrected chi connectivity index (χ3v) is 2.49. The van der Waals surface area contributed by atoms with E-state index in [-0.39, 0.29) is 0 Å². The van der Waals surface area contributed by atoms with Crippen molar-refractivity contribution in [2.75, 3.05) is 7.11 Å². The number of aryl methyl sites for hydroxylation is 1. The maximum Gasteiger partial charge on any atom is 0.236 e. The Labute approximate surface area is 99.0 Å². The normalized spacial score (nSPS) is 10.2. The van der Waals surface area contributed by atoms with Crippen molar-refractivity contribution in [1.82, 2.24) is 10.2 Å². The highest BCUT2D eigenvalue weighted by atomic mass is 35.5. The van der Waals surface area contributed by atoms with Crippen LogP contribution >= 0.6 is 11.6 Å². The van der Waals surface area contributed by atoms with Gasteiger partial charge in [-0.2, -0.15) is 0 Å². The van der Waals surface area contributed by atoms with Gasteiger partial charge in [-0.05, 0) is 25.1 Å². The third kappa shape index (κ3) is 2.14. The second kappa shape index (κ2) is 4.49. The number of rotatable bonds is 2. The summed E-state index contributed by atoms with van der Waals surface area (Å²) in [6.07, 6.45) is 0.